The van der Waals surface area contributed by atoms with Crippen LogP contribution in [0.3, 0.4) is 0 Å². The van der Waals surface area contributed by atoms with Crippen LogP contribution in [0.4, 0.5) is 0 Å². The zero-order chi connectivity index (χ0) is 11.8. The Bertz CT molecular complexity index is 339. The highest BCUT2D eigenvalue weighted by molar-refractivity contribution is 6.17. The Balaban J connectivity index is 2.72. The maximum atomic E-state index is 10.4. The standard InChI is InChI=1S/C12H15ClO3/c13-9-11-8-10(4-6-15)2-3-12(11)16-7-1-5-14/h2-3,6,8,14H,1,4-5,7,9H2. The van der Waals surface area contributed by atoms with Gasteiger partial charge in [0.05, 0.1) is 12.5 Å². The molecule has 16 heavy (non-hydrogen) atoms. The zero-order valence-corrected chi connectivity index (χ0v) is 9.74. The molecule has 3 nitrogen and oxygen atoms in total. The quantitative estimate of drug-likeness (QED) is 0.452. The Morgan fingerprint density at radius 1 is 1.44 bits per heavy atom. The number of hydrogen-bond acceptors (Lipinski definition) is 3. The molecule has 0 aliphatic carbocycles. The maximum absolute atomic E-state index is 10.4. The molecule has 0 fully saturated rings. The zero-order valence-electron chi connectivity index (χ0n) is 8.99. The van der Waals surface area contributed by atoms with Crippen LogP contribution in [0.25, 0.3) is 0 Å². The topological polar surface area (TPSA) is 46.5 Å². The molecule has 0 heterocycles. The van der Waals surface area contributed by atoms with E-state index in [4.69, 9.17) is 21.4 Å². The minimum atomic E-state index is 0.111. The van der Waals surface area contributed by atoms with E-state index in [1.54, 1.807) is 0 Å². The fourth-order valence-electron chi connectivity index (χ4n) is 1.35. The first-order chi connectivity index (χ1) is 7.81. The van der Waals surface area contributed by atoms with Crippen LogP contribution in [0.1, 0.15) is 17.5 Å². The lowest BCUT2D eigenvalue weighted by atomic mass is 10.1. The van der Waals surface area contributed by atoms with Crippen molar-refractivity contribution in [2.45, 2.75) is 18.7 Å². The number of hydrogen-bond donors (Lipinski definition) is 1. The van der Waals surface area contributed by atoms with Crippen molar-refractivity contribution in [1.29, 1.82) is 0 Å². The Kier molecular flexibility index (Phi) is 5.90. The summed E-state index contributed by atoms with van der Waals surface area (Å²) in [5.74, 6) is 1.07. The number of aliphatic hydroxyl groups excluding tert-OH is 1. The molecule has 0 unspecified atom stereocenters. The summed E-state index contributed by atoms with van der Waals surface area (Å²) in [6.07, 6.45) is 1.85. The molecular formula is C12H15ClO3. The highest BCUT2D eigenvalue weighted by atomic mass is 35.5. The van der Waals surface area contributed by atoms with Crippen LogP contribution in [-0.4, -0.2) is 24.6 Å². The molecule has 1 N–H and O–H groups in total. The normalized spacial score (nSPS) is 10.1. The van der Waals surface area contributed by atoms with Crippen LogP contribution in [0.5, 0.6) is 5.75 Å². The third kappa shape index (κ3) is 3.83. The van der Waals surface area contributed by atoms with Gasteiger partial charge in [-0.3, -0.25) is 0 Å². The molecule has 0 aliphatic rings. The highest BCUT2D eigenvalue weighted by Gasteiger charge is 2.04. The van der Waals surface area contributed by atoms with Gasteiger partial charge in [0.2, 0.25) is 0 Å². The van der Waals surface area contributed by atoms with Crippen LogP contribution in [0, 0.1) is 0 Å². The summed E-state index contributed by atoms with van der Waals surface area (Å²) in [7, 11) is 0. The van der Waals surface area contributed by atoms with Gasteiger partial charge in [0.1, 0.15) is 12.0 Å². The van der Waals surface area contributed by atoms with Crippen molar-refractivity contribution in [3.05, 3.63) is 29.3 Å². The number of benzene rings is 1. The molecule has 0 spiro atoms. The van der Waals surface area contributed by atoms with Crippen molar-refractivity contribution in [2.75, 3.05) is 13.2 Å². The number of rotatable bonds is 7. The van der Waals surface area contributed by atoms with Gasteiger partial charge in [-0.05, 0) is 11.6 Å². The molecule has 0 atom stereocenters. The average molecular weight is 243 g/mol. The van der Waals surface area contributed by atoms with Gasteiger partial charge >= 0.3 is 0 Å². The number of ether oxygens (including phenoxy) is 1. The van der Waals surface area contributed by atoms with Gasteiger partial charge in [-0.25, -0.2) is 0 Å². The SMILES string of the molecule is O=CCc1ccc(OCCCO)c(CCl)c1. The number of carbonyl (C=O) groups is 1. The second-order valence-electron chi connectivity index (χ2n) is 3.37. The smallest absolute Gasteiger partial charge is 0.124 e. The molecule has 1 rings (SSSR count). The molecule has 1 aromatic rings. The van der Waals surface area contributed by atoms with Gasteiger partial charge in [0.25, 0.3) is 0 Å². The van der Waals surface area contributed by atoms with Crippen molar-refractivity contribution < 1.29 is 14.6 Å². The lowest BCUT2D eigenvalue weighted by Gasteiger charge is -2.10. The van der Waals surface area contributed by atoms with Gasteiger partial charge in [0, 0.05) is 25.0 Å². The summed E-state index contributed by atoms with van der Waals surface area (Å²) in [5, 5.41) is 8.64. The van der Waals surface area contributed by atoms with Gasteiger partial charge < -0.3 is 14.6 Å². The maximum Gasteiger partial charge on any atom is 0.124 e. The summed E-state index contributed by atoms with van der Waals surface area (Å²) >= 11 is 5.80. The fraction of sp³-hybridized carbons (Fsp3) is 0.417. The Hall–Kier alpha value is -1.06. The van der Waals surface area contributed by atoms with Gasteiger partial charge in [-0.1, -0.05) is 12.1 Å². The molecule has 0 radical (unpaired) electrons. The third-order valence-corrected chi connectivity index (χ3v) is 2.44. The van der Waals surface area contributed by atoms with Crippen LogP contribution >= 0.6 is 11.6 Å². The first-order valence-corrected chi connectivity index (χ1v) is 5.70. The Labute approximate surface area is 100.0 Å². The van der Waals surface area contributed by atoms with Crippen molar-refractivity contribution in [2.24, 2.45) is 0 Å². The van der Waals surface area contributed by atoms with Gasteiger partial charge in [-0.15, -0.1) is 11.6 Å². The molecule has 0 saturated carbocycles. The van der Waals surface area contributed by atoms with E-state index < -0.39 is 0 Å². The second kappa shape index (κ2) is 7.25. The lowest BCUT2D eigenvalue weighted by molar-refractivity contribution is -0.107. The molecule has 0 aliphatic heterocycles. The van der Waals surface area contributed by atoms with E-state index in [2.05, 4.69) is 0 Å². The Morgan fingerprint density at radius 3 is 2.88 bits per heavy atom. The van der Waals surface area contributed by atoms with E-state index in [-0.39, 0.29) is 6.61 Å². The number of alkyl halides is 1. The monoisotopic (exact) mass is 242 g/mol. The lowest BCUT2D eigenvalue weighted by Crippen LogP contribution is -2.02. The molecule has 4 heteroatoms. The first kappa shape index (κ1) is 13.0. The first-order valence-electron chi connectivity index (χ1n) is 5.17. The van der Waals surface area contributed by atoms with Crippen molar-refractivity contribution in [1.82, 2.24) is 0 Å². The van der Waals surface area contributed by atoms with E-state index in [9.17, 15) is 4.79 Å². The molecule has 0 amide bonds. The number of aliphatic hydroxyl groups is 1. The molecule has 0 aromatic heterocycles. The fourth-order valence-corrected chi connectivity index (χ4v) is 1.56. The Morgan fingerprint density at radius 2 is 2.25 bits per heavy atom. The van der Waals surface area contributed by atoms with E-state index in [0.717, 1.165) is 23.2 Å². The predicted octanol–water partition coefficient (Wildman–Crippen LogP) is 1.93. The summed E-state index contributed by atoms with van der Waals surface area (Å²) in [6, 6.07) is 5.53. The van der Waals surface area contributed by atoms with Crippen LogP contribution in [-0.2, 0) is 17.1 Å². The minimum absolute atomic E-state index is 0.111. The van der Waals surface area contributed by atoms with E-state index >= 15 is 0 Å². The molecule has 88 valence electrons. The number of halogens is 1. The van der Waals surface area contributed by atoms with Crippen molar-refractivity contribution in [3.8, 4) is 5.75 Å². The van der Waals surface area contributed by atoms with Gasteiger partial charge in [0.15, 0.2) is 0 Å². The summed E-state index contributed by atoms with van der Waals surface area (Å²) < 4.78 is 5.47. The summed E-state index contributed by atoms with van der Waals surface area (Å²) in [4.78, 5) is 10.4. The van der Waals surface area contributed by atoms with E-state index in [0.29, 0.717) is 25.3 Å². The third-order valence-electron chi connectivity index (χ3n) is 2.15. The highest BCUT2D eigenvalue weighted by Crippen LogP contribution is 2.22. The molecular weight excluding hydrogens is 228 g/mol. The van der Waals surface area contributed by atoms with Crippen LogP contribution in [0.2, 0.25) is 0 Å². The second-order valence-corrected chi connectivity index (χ2v) is 3.64. The molecule has 0 bridgehead atoms. The summed E-state index contributed by atoms with van der Waals surface area (Å²) in [6.45, 7) is 0.576. The van der Waals surface area contributed by atoms with Crippen LogP contribution < -0.4 is 4.74 Å². The summed E-state index contributed by atoms with van der Waals surface area (Å²) in [5.41, 5.74) is 1.80. The van der Waals surface area contributed by atoms with E-state index in [1.165, 1.54) is 0 Å². The minimum Gasteiger partial charge on any atom is -0.493 e. The average Bonchev–Trinajstić information content (AvgIpc) is 2.31. The molecule has 0 saturated heterocycles. The largest absolute Gasteiger partial charge is 0.493 e. The number of aldehydes is 1. The van der Waals surface area contributed by atoms with Crippen molar-refractivity contribution in [3.63, 3.8) is 0 Å². The predicted molar refractivity (Wildman–Crippen MR) is 63.0 cm³/mol. The molecule has 1 aromatic carbocycles. The van der Waals surface area contributed by atoms with E-state index in [1.807, 2.05) is 18.2 Å². The van der Waals surface area contributed by atoms with Gasteiger partial charge in [-0.2, -0.15) is 0 Å². The van der Waals surface area contributed by atoms with Crippen LogP contribution in [0.15, 0.2) is 18.2 Å². The van der Waals surface area contributed by atoms with Crippen molar-refractivity contribution >= 4 is 17.9 Å². The number of carbonyl (C=O) groups excluding carboxylic acids is 1.